The highest BCUT2D eigenvalue weighted by Crippen LogP contribution is 2.30. The van der Waals surface area contributed by atoms with Gasteiger partial charge in [-0.3, -0.25) is 19.3 Å². The number of fused-ring (bicyclic) bond motifs is 1. The summed E-state index contributed by atoms with van der Waals surface area (Å²) < 4.78 is 34.9. The summed E-state index contributed by atoms with van der Waals surface area (Å²) in [5, 5.41) is -1.41. The molecule has 3 amide bonds. The Bertz CT molecular complexity index is 820. The molecule has 3 rings (SSSR count). The van der Waals surface area contributed by atoms with E-state index < -0.39 is 39.6 Å². The number of rotatable bonds is 2. The third-order valence-corrected chi connectivity index (χ3v) is 4.98. The van der Waals surface area contributed by atoms with E-state index in [-0.39, 0.29) is 23.4 Å². The van der Waals surface area contributed by atoms with Gasteiger partial charge >= 0.3 is 10.2 Å². The average Bonchev–Trinajstić information content (AvgIpc) is 2.94. The number of nitrogens with zero attached hydrogens (tertiary/aromatic N) is 2. The Morgan fingerprint density at radius 2 is 1.77 bits per heavy atom. The monoisotopic (exact) mass is 326 g/mol. The maximum Gasteiger partial charge on any atom is 0.307 e. The van der Waals surface area contributed by atoms with Crippen LogP contribution in [0, 0.1) is 0 Å². The standard InChI is InChI=1S/C13H11FN2O5S/c1-15-12(18)9-3-2-7(4-10(9)13(15)19)16-6-8(5-11(16)17)22(14,20)21/h2-4,8H,5-6H2,1H3. The molecular weight excluding hydrogens is 315 g/mol. The molecule has 0 bridgehead atoms. The van der Waals surface area contributed by atoms with Gasteiger partial charge in [-0.2, -0.15) is 8.42 Å². The van der Waals surface area contributed by atoms with Crippen LogP contribution in [0.4, 0.5) is 9.57 Å². The molecular formula is C13H11FN2O5S. The van der Waals surface area contributed by atoms with Gasteiger partial charge in [-0.1, -0.05) is 0 Å². The van der Waals surface area contributed by atoms with Crippen LogP contribution in [0.5, 0.6) is 0 Å². The lowest BCUT2D eigenvalue weighted by atomic mass is 10.1. The van der Waals surface area contributed by atoms with E-state index in [9.17, 15) is 26.7 Å². The molecule has 0 aromatic heterocycles. The minimum absolute atomic E-state index is 0.143. The van der Waals surface area contributed by atoms with Crippen LogP contribution in [0.3, 0.4) is 0 Å². The molecule has 2 aliphatic rings. The summed E-state index contributed by atoms with van der Waals surface area (Å²) in [6.45, 7) is -0.311. The Balaban J connectivity index is 1.97. The molecule has 1 aromatic carbocycles. The molecule has 0 N–H and O–H groups in total. The third-order valence-electron chi connectivity index (χ3n) is 3.87. The Labute approximate surface area is 125 Å². The summed E-state index contributed by atoms with van der Waals surface area (Å²) in [5.41, 5.74) is 0.633. The highest BCUT2D eigenvalue weighted by molar-refractivity contribution is 7.87. The first-order valence-corrected chi connectivity index (χ1v) is 7.85. The van der Waals surface area contributed by atoms with Crippen LogP contribution in [-0.2, 0) is 15.0 Å². The highest BCUT2D eigenvalue weighted by Gasteiger charge is 2.40. The fraction of sp³-hybridized carbons (Fsp3) is 0.308. The molecule has 116 valence electrons. The highest BCUT2D eigenvalue weighted by atomic mass is 32.3. The number of imide groups is 1. The first-order valence-electron chi connectivity index (χ1n) is 6.40. The van der Waals surface area contributed by atoms with Gasteiger partial charge in [0.15, 0.2) is 0 Å². The van der Waals surface area contributed by atoms with Gasteiger partial charge < -0.3 is 4.90 Å². The average molecular weight is 326 g/mol. The number of amides is 3. The smallest absolute Gasteiger partial charge is 0.307 e. The lowest BCUT2D eigenvalue weighted by Gasteiger charge is -2.16. The molecule has 1 fully saturated rings. The summed E-state index contributed by atoms with van der Waals surface area (Å²) in [6.07, 6.45) is -0.442. The number of hydrogen-bond acceptors (Lipinski definition) is 5. The molecule has 9 heteroatoms. The lowest BCUT2D eigenvalue weighted by molar-refractivity contribution is -0.117. The first-order chi connectivity index (χ1) is 10.2. The summed E-state index contributed by atoms with van der Waals surface area (Å²) in [4.78, 5) is 37.6. The maximum atomic E-state index is 13.0. The van der Waals surface area contributed by atoms with E-state index in [2.05, 4.69) is 0 Å². The second-order valence-electron chi connectivity index (χ2n) is 5.21. The summed E-state index contributed by atoms with van der Waals surface area (Å²) >= 11 is 0. The number of anilines is 1. The Morgan fingerprint density at radius 1 is 1.14 bits per heavy atom. The molecule has 1 atom stereocenters. The molecule has 7 nitrogen and oxygen atoms in total. The fourth-order valence-corrected chi connectivity index (χ4v) is 3.30. The lowest BCUT2D eigenvalue weighted by Crippen LogP contribution is -2.27. The van der Waals surface area contributed by atoms with Crippen LogP contribution in [0.2, 0.25) is 0 Å². The molecule has 0 saturated carbocycles. The molecule has 22 heavy (non-hydrogen) atoms. The van der Waals surface area contributed by atoms with Gasteiger partial charge in [0.25, 0.3) is 11.8 Å². The van der Waals surface area contributed by atoms with Gasteiger partial charge in [-0.15, -0.1) is 3.89 Å². The number of carbonyl (C=O) groups is 3. The molecule has 0 radical (unpaired) electrons. The van der Waals surface area contributed by atoms with Crippen LogP contribution in [0.1, 0.15) is 27.1 Å². The van der Waals surface area contributed by atoms with Crippen molar-refractivity contribution in [2.75, 3.05) is 18.5 Å². The topological polar surface area (TPSA) is 91.8 Å². The van der Waals surface area contributed by atoms with Gasteiger partial charge in [0.2, 0.25) is 5.91 Å². The Hall–Kier alpha value is -2.29. The maximum absolute atomic E-state index is 13.0. The van der Waals surface area contributed by atoms with Crippen LogP contribution >= 0.6 is 0 Å². The molecule has 2 aliphatic heterocycles. The van der Waals surface area contributed by atoms with Crippen molar-refractivity contribution in [1.82, 2.24) is 4.90 Å². The molecule has 1 aromatic rings. The second kappa shape index (κ2) is 4.60. The van der Waals surface area contributed by atoms with Crippen molar-refractivity contribution >= 4 is 33.6 Å². The van der Waals surface area contributed by atoms with E-state index in [0.717, 1.165) is 9.80 Å². The van der Waals surface area contributed by atoms with Gasteiger partial charge in [-0.25, -0.2) is 0 Å². The Kier molecular flexibility index (Phi) is 3.06. The number of carbonyl (C=O) groups excluding carboxylic acids is 3. The Morgan fingerprint density at radius 3 is 2.36 bits per heavy atom. The quantitative estimate of drug-likeness (QED) is 0.576. The zero-order valence-electron chi connectivity index (χ0n) is 11.4. The van der Waals surface area contributed by atoms with Gasteiger partial charge in [0, 0.05) is 25.7 Å². The normalized spacial score (nSPS) is 21.7. The van der Waals surface area contributed by atoms with Crippen molar-refractivity contribution < 1.29 is 26.7 Å². The van der Waals surface area contributed by atoms with Gasteiger partial charge in [0.05, 0.1) is 11.1 Å². The van der Waals surface area contributed by atoms with Crippen LogP contribution in [0.15, 0.2) is 18.2 Å². The molecule has 2 heterocycles. The summed E-state index contributed by atoms with van der Waals surface area (Å²) in [5.74, 6) is -1.48. The van der Waals surface area contributed by atoms with E-state index in [1.807, 2.05) is 0 Å². The van der Waals surface area contributed by atoms with Gasteiger partial charge in [0.1, 0.15) is 5.25 Å². The van der Waals surface area contributed by atoms with E-state index >= 15 is 0 Å². The van der Waals surface area contributed by atoms with Gasteiger partial charge in [-0.05, 0) is 18.2 Å². The molecule has 1 unspecified atom stereocenters. The van der Waals surface area contributed by atoms with Crippen molar-refractivity contribution in [1.29, 1.82) is 0 Å². The molecule has 1 saturated heterocycles. The minimum atomic E-state index is -4.81. The van der Waals surface area contributed by atoms with Crippen molar-refractivity contribution in [3.8, 4) is 0 Å². The van der Waals surface area contributed by atoms with Crippen LogP contribution in [0.25, 0.3) is 0 Å². The van der Waals surface area contributed by atoms with E-state index in [1.54, 1.807) is 0 Å². The SMILES string of the molecule is CN1C(=O)c2ccc(N3CC(S(=O)(=O)F)CC3=O)cc2C1=O. The first kappa shape index (κ1) is 14.6. The van der Waals surface area contributed by atoms with Crippen molar-refractivity contribution in [2.45, 2.75) is 11.7 Å². The number of halogens is 1. The second-order valence-corrected chi connectivity index (χ2v) is 6.82. The fourth-order valence-electron chi connectivity index (χ4n) is 2.63. The summed E-state index contributed by atoms with van der Waals surface area (Å²) in [7, 11) is -3.46. The zero-order valence-corrected chi connectivity index (χ0v) is 12.3. The zero-order chi connectivity index (χ0) is 16.2. The number of hydrogen-bond donors (Lipinski definition) is 0. The minimum Gasteiger partial charge on any atom is -0.311 e. The molecule has 0 spiro atoms. The van der Waals surface area contributed by atoms with Crippen molar-refractivity contribution in [3.05, 3.63) is 29.3 Å². The predicted octanol–water partition coefficient (Wildman–Crippen LogP) is 0.317. The van der Waals surface area contributed by atoms with E-state index in [0.29, 0.717) is 0 Å². The molecule has 0 aliphatic carbocycles. The van der Waals surface area contributed by atoms with Crippen LogP contribution < -0.4 is 4.90 Å². The van der Waals surface area contributed by atoms with E-state index in [1.165, 1.54) is 25.2 Å². The van der Waals surface area contributed by atoms with Crippen molar-refractivity contribution in [3.63, 3.8) is 0 Å². The predicted molar refractivity (Wildman–Crippen MR) is 73.7 cm³/mol. The summed E-state index contributed by atoms with van der Waals surface area (Å²) in [6, 6.07) is 4.19. The number of benzene rings is 1. The largest absolute Gasteiger partial charge is 0.311 e. The van der Waals surface area contributed by atoms with Crippen molar-refractivity contribution in [2.24, 2.45) is 0 Å². The van der Waals surface area contributed by atoms with E-state index in [4.69, 9.17) is 0 Å². The van der Waals surface area contributed by atoms with Crippen LogP contribution in [-0.4, -0.2) is 49.9 Å². The third kappa shape index (κ3) is 2.08.